The van der Waals surface area contributed by atoms with Gasteiger partial charge in [-0.25, -0.2) is 59.8 Å². The van der Waals surface area contributed by atoms with E-state index in [4.69, 9.17) is 0 Å². The maximum absolute atomic E-state index is 15.2. The minimum atomic E-state index is -5.21. The molecule has 86 heavy (non-hydrogen) atoms. The summed E-state index contributed by atoms with van der Waals surface area (Å²) in [4.78, 5) is 54.9. The number of hydrogen-bond acceptors (Lipinski definition) is 13. The summed E-state index contributed by atoms with van der Waals surface area (Å²) in [5.41, 5.74) is 3.71. The van der Waals surface area contributed by atoms with Gasteiger partial charge in [-0.15, -0.1) is 0 Å². The van der Waals surface area contributed by atoms with Crippen molar-refractivity contribution in [2.75, 3.05) is 0 Å². The molecule has 0 aliphatic heterocycles. The van der Waals surface area contributed by atoms with Crippen LogP contribution in [0.1, 0.15) is 63.3 Å². The Morgan fingerprint density at radius 2 is 0.709 bits per heavy atom. The van der Waals surface area contributed by atoms with Gasteiger partial charge in [-0.1, -0.05) is 12.1 Å². The summed E-state index contributed by atoms with van der Waals surface area (Å²) in [7, 11) is 0. The normalized spacial score (nSPS) is 12.1. The zero-order valence-electron chi connectivity index (χ0n) is 47.1. The van der Waals surface area contributed by atoms with Gasteiger partial charge in [0, 0.05) is 60.6 Å². The predicted octanol–water partition coefficient (Wildman–Crippen LogP) is 15.0. The summed E-state index contributed by atoms with van der Waals surface area (Å²) in [5.74, 6) is 6.05. The van der Waals surface area contributed by atoms with E-state index in [0.29, 0.717) is 126 Å². The molecule has 15 nitrogen and oxygen atoms in total. The van der Waals surface area contributed by atoms with E-state index in [2.05, 4.69) is 65.9 Å². The molecule has 0 spiro atoms. The van der Waals surface area contributed by atoms with E-state index >= 15 is 13.2 Å². The first-order valence-corrected chi connectivity index (χ1v) is 27.0. The molecule has 0 aliphatic rings. The molecule has 13 rings (SSSR count). The largest absolute Gasteiger partial charge is 0.417 e. The standard InChI is InChI=1S/C65H45F6N15/c1-31-73-32(2)78-60(77-31)40-11-19-55-50(24-40)51-25-41(61-79-33(3)74-34(4)80-61)12-20-56(51)85(55)46-16-9-44(30-72)48(29-46)49-23-39(47-17-15-45(64(66,67)68)28-54(47)65(69,70)71)10-18-57(49)86-58-21-13-42(62-81-35(5)75-36(6)82-62)26-52(58)53-27-43(14-22-59(53)86)63-83-37(7)76-38(8)84-63/h9-29H,1-8H3. The van der Waals surface area contributed by atoms with Gasteiger partial charge in [-0.2, -0.15) is 31.6 Å². The van der Waals surface area contributed by atoms with Crippen LogP contribution in [0.15, 0.2) is 127 Å². The number of alkyl halides is 6. The number of aromatic nitrogens is 14. The summed E-state index contributed by atoms with van der Waals surface area (Å²) >= 11 is 0. The van der Waals surface area contributed by atoms with Crippen molar-refractivity contribution in [2.24, 2.45) is 0 Å². The summed E-state index contributed by atoms with van der Waals surface area (Å²) in [5, 5.41) is 14.2. The maximum atomic E-state index is 15.2. The average molecular weight is 1150 g/mol. The molecule has 0 unspecified atom stereocenters. The Labute approximate surface area is 485 Å². The minimum Gasteiger partial charge on any atom is -0.309 e. The van der Waals surface area contributed by atoms with Crippen LogP contribution in [-0.2, 0) is 12.4 Å². The van der Waals surface area contributed by atoms with E-state index in [1.54, 1.807) is 79.7 Å². The summed E-state index contributed by atoms with van der Waals surface area (Å²) < 4.78 is 92.2. The van der Waals surface area contributed by atoms with Crippen molar-refractivity contribution in [3.8, 4) is 85.2 Å². The SMILES string of the molecule is Cc1nc(C)nc(-c2ccc3c(c2)c2cc(-c4nc(C)nc(C)n4)ccc2n3-c2ccc(C#N)c(-c3cc(-c4ccc(C(F)(F)F)cc4C(F)(F)F)ccc3-n3c4ccc(-c5nc(C)nc(C)n5)cc4c4cc(-c5nc(C)nc(C)n5)ccc43)c2)n1. The van der Waals surface area contributed by atoms with Gasteiger partial charge in [-0.3, -0.25) is 0 Å². The van der Waals surface area contributed by atoms with Gasteiger partial charge >= 0.3 is 12.4 Å². The highest BCUT2D eigenvalue weighted by atomic mass is 19.4. The first-order chi connectivity index (χ1) is 41.0. The number of nitrogens with zero attached hydrogens (tertiary/aromatic N) is 15. The van der Waals surface area contributed by atoms with Crippen LogP contribution < -0.4 is 0 Å². The topological polar surface area (TPSA) is 188 Å². The van der Waals surface area contributed by atoms with Crippen LogP contribution in [0, 0.1) is 66.7 Å². The van der Waals surface area contributed by atoms with Gasteiger partial charge in [-0.05, 0) is 182 Å². The number of nitriles is 1. The summed E-state index contributed by atoms with van der Waals surface area (Å²) in [6, 6.07) is 36.9. The molecule has 13 aromatic rings. The van der Waals surface area contributed by atoms with Gasteiger partial charge in [0.05, 0.1) is 50.5 Å². The molecule has 0 saturated carbocycles. The van der Waals surface area contributed by atoms with Crippen molar-refractivity contribution in [1.29, 1.82) is 5.26 Å². The Bertz CT molecular complexity index is 4760. The van der Waals surface area contributed by atoms with Crippen LogP contribution in [0.25, 0.3) is 123 Å². The van der Waals surface area contributed by atoms with Gasteiger partial charge < -0.3 is 9.13 Å². The van der Waals surface area contributed by atoms with Crippen LogP contribution >= 0.6 is 0 Å². The second-order valence-corrected chi connectivity index (χ2v) is 20.9. The van der Waals surface area contributed by atoms with Crippen molar-refractivity contribution >= 4 is 43.6 Å². The molecule has 422 valence electrons. The first kappa shape index (κ1) is 54.5. The van der Waals surface area contributed by atoms with E-state index in [1.165, 1.54) is 12.1 Å². The Balaban J connectivity index is 1.10. The summed E-state index contributed by atoms with van der Waals surface area (Å²) in [6.45, 7) is 14.3. The fourth-order valence-electron chi connectivity index (χ4n) is 11.4. The van der Waals surface area contributed by atoms with Crippen LogP contribution in [0.5, 0.6) is 0 Å². The lowest BCUT2D eigenvalue weighted by Gasteiger charge is -2.20. The van der Waals surface area contributed by atoms with Crippen molar-refractivity contribution in [1.82, 2.24) is 68.9 Å². The third-order valence-corrected chi connectivity index (χ3v) is 14.9. The highest BCUT2D eigenvalue weighted by Crippen LogP contribution is 2.46. The molecule has 0 saturated heterocycles. The van der Waals surface area contributed by atoms with E-state index in [0.717, 1.165) is 38.6 Å². The Kier molecular flexibility index (Phi) is 12.8. The van der Waals surface area contributed by atoms with Crippen LogP contribution in [0.3, 0.4) is 0 Å². The lowest BCUT2D eigenvalue weighted by Crippen LogP contribution is -2.12. The molecule has 0 bridgehead atoms. The Morgan fingerprint density at radius 1 is 0.337 bits per heavy atom. The number of hydrogen-bond donors (Lipinski definition) is 0. The zero-order valence-corrected chi connectivity index (χ0v) is 47.1. The second-order valence-electron chi connectivity index (χ2n) is 20.9. The smallest absolute Gasteiger partial charge is 0.309 e. The van der Waals surface area contributed by atoms with E-state index in [-0.39, 0.29) is 22.8 Å². The molecular weight excluding hydrogens is 1100 g/mol. The third kappa shape index (κ3) is 9.73. The molecule has 0 amide bonds. The molecule has 7 aromatic carbocycles. The van der Waals surface area contributed by atoms with E-state index < -0.39 is 29.0 Å². The van der Waals surface area contributed by atoms with Crippen molar-refractivity contribution < 1.29 is 26.3 Å². The third-order valence-electron chi connectivity index (χ3n) is 14.9. The van der Waals surface area contributed by atoms with Gasteiger partial charge in [0.2, 0.25) is 0 Å². The summed E-state index contributed by atoms with van der Waals surface area (Å²) in [6.07, 6.45) is -10.3. The molecular formula is C65H45F6N15. The number of halogens is 6. The molecule has 6 aromatic heterocycles. The Morgan fingerprint density at radius 3 is 1.07 bits per heavy atom. The number of aryl methyl sites for hydroxylation is 8. The molecule has 6 heterocycles. The highest BCUT2D eigenvalue weighted by molar-refractivity contribution is 6.13. The van der Waals surface area contributed by atoms with Crippen molar-refractivity contribution in [2.45, 2.75) is 67.7 Å². The van der Waals surface area contributed by atoms with E-state index in [9.17, 15) is 18.4 Å². The van der Waals surface area contributed by atoms with Crippen LogP contribution in [-0.4, -0.2) is 68.9 Å². The van der Waals surface area contributed by atoms with Gasteiger partial charge in [0.25, 0.3) is 0 Å². The number of rotatable bonds is 8. The van der Waals surface area contributed by atoms with Crippen molar-refractivity contribution in [3.63, 3.8) is 0 Å². The lowest BCUT2D eigenvalue weighted by atomic mass is 9.91. The monoisotopic (exact) mass is 1150 g/mol. The molecule has 0 N–H and O–H groups in total. The highest BCUT2D eigenvalue weighted by Gasteiger charge is 2.39. The number of fused-ring (bicyclic) bond motifs is 6. The molecule has 0 aliphatic carbocycles. The molecule has 0 fully saturated rings. The maximum Gasteiger partial charge on any atom is 0.417 e. The van der Waals surface area contributed by atoms with Gasteiger partial charge in [0.15, 0.2) is 23.3 Å². The first-order valence-electron chi connectivity index (χ1n) is 27.0. The Hall–Kier alpha value is -10.8. The fourth-order valence-corrected chi connectivity index (χ4v) is 11.4. The molecule has 21 heteroatoms. The molecule has 0 radical (unpaired) electrons. The lowest BCUT2D eigenvalue weighted by molar-refractivity contribution is -0.142. The number of benzene rings is 7. The molecule has 0 atom stereocenters. The quantitative estimate of drug-likeness (QED) is 0.131. The van der Waals surface area contributed by atoms with Gasteiger partial charge in [0.1, 0.15) is 46.6 Å². The fraction of sp³-hybridized carbons (Fsp3) is 0.154. The van der Waals surface area contributed by atoms with E-state index in [1.807, 2.05) is 81.9 Å². The zero-order chi connectivity index (χ0) is 60.2. The van der Waals surface area contributed by atoms with Crippen LogP contribution in [0.4, 0.5) is 26.3 Å². The minimum absolute atomic E-state index is 0.0601. The van der Waals surface area contributed by atoms with Crippen LogP contribution in [0.2, 0.25) is 0 Å². The van der Waals surface area contributed by atoms with Crippen molar-refractivity contribution in [3.05, 3.63) is 191 Å². The second kappa shape index (κ2) is 20.3. The average Bonchev–Trinajstić information content (AvgIpc) is 1.63. The predicted molar refractivity (Wildman–Crippen MR) is 314 cm³/mol.